The van der Waals surface area contributed by atoms with Gasteiger partial charge in [0.2, 0.25) is 0 Å². The SMILES string of the molecule is c1ccc(-c2cc(-c3cccc(-c4ccc5c6ccccc6c6ccccc6c5c4)c3)cc(-c3cccc(-n4c5ccccc5c5cc(-c6ccc7c8cc(-c9cccc(-c%10cccc(-c%11cccc(-n%12c%13ccccc%13c%13cc(-c%14ccccc%14)ccc%13%12)n%11)c%10)c9)ccc8c8ccccc8c7c6)ccc54)n3)c2)cc1. The molecule has 0 saturated heterocycles. The zero-order valence-corrected chi connectivity index (χ0v) is 59.9. The second kappa shape index (κ2) is 25.6. The van der Waals surface area contributed by atoms with Crippen LogP contribution >= 0.6 is 0 Å². The Hall–Kier alpha value is -14.6. The molecule has 0 atom stereocenters. The van der Waals surface area contributed by atoms with Gasteiger partial charge in [-0.2, -0.15) is 0 Å². The number of aromatic nitrogens is 4. The smallest absolute Gasteiger partial charge is 0.138 e. The van der Waals surface area contributed by atoms with Crippen LogP contribution in [0, 0.1) is 0 Å². The molecule has 4 nitrogen and oxygen atoms in total. The zero-order valence-electron chi connectivity index (χ0n) is 59.9. The normalized spacial score (nSPS) is 11.8. The van der Waals surface area contributed by atoms with Crippen molar-refractivity contribution in [2.45, 2.75) is 0 Å². The number of fused-ring (bicyclic) bond motifs is 18. The Morgan fingerprint density at radius 3 is 0.809 bits per heavy atom. The molecule has 22 rings (SSSR count). The molecule has 0 aliphatic heterocycles. The summed E-state index contributed by atoms with van der Waals surface area (Å²) in [4.78, 5) is 11.0. The molecule has 110 heavy (non-hydrogen) atoms. The Balaban J connectivity index is 0.587. The quantitative estimate of drug-likeness (QED) is 0.121. The fourth-order valence-electron chi connectivity index (χ4n) is 17.6. The maximum atomic E-state index is 5.61. The van der Waals surface area contributed by atoms with Crippen LogP contribution in [-0.4, -0.2) is 19.1 Å². The summed E-state index contributed by atoms with van der Waals surface area (Å²) in [7, 11) is 0. The number of nitrogens with zero attached hydrogens (tertiary/aromatic N) is 4. The van der Waals surface area contributed by atoms with E-state index >= 15 is 0 Å². The number of hydrogen-bond donors (Lipinski definition) is 0. The molecular weight excluding hydrogens is 1330 g/mol. The first-order valence-corrected chi connectivity index (χ1v) is 37.8. The van der Waals surface area contributed by atoms with E-state index in [9.17, 15) is 0 Å². The van der Waals surface area contributed by atoms with Crippen molar-refractivity contribution in [3.8, 4) is 112 Å². The van der Waals surface area contributed by atoms with Crippen molar-refractivity contribution in [1.82, 2.24) is 19.1 Å². The third-order valence-electron chi connectivity index (χ3n) is 22.8. The van der Waals surface area contributed by atoms with Crippen LogP contribution in [0.25, 0.3) is 220 Å². The molecule has 22 aromatic rings. The third kappa shape index (κ3) is 10.5. The fraction of sp³-hybridized carbons (Fsp3) is 0. The Morgan fingerprint density at radius 1 is 0.127 bits per heavy atom. The van der Waals surface area contributed by atoms with Crippen molar-refractivity contribution in [2.75, 3.05) is 0 Å². The highest BCUT2D eigenvalue weighted by Crippen LogP contribution is 2.45. The highest BCUT2D eigenvalue weighted by molar-refractivity contribution is 6.28. The molecule has 0 spiro atoms. The van der Waals surface area contributed by atoms with E-state index in [1.807, 2.05) is 0 Å². The Kier molecular flexibility index (Phi) is 14.6. The lowest BCUT2D eigenvalue weighted by molar-refractivity contribution is 1.08. The van der Waals surface area contributed by atoms with Crippen molar-refractivity contribution >= 4 is 108 Å². The molecule has 0 saturated carbocycles. The molecule has 0 radical (unpaired) electrons. The van der Waals surface area contributed by atoms with Crippen LogP contribution in [0.1, 0.15) is 0 Å². The van der Waals surface area contributed by atoms with E-state index in [1.165, 1.54) is 114 Å². The summed E-state index contributed by atoms with van der Waals surface area (Å²) in [5.41, 5.74) is 24.6. The van der Waals surface area contributed by atoms with Gasteiger partial charge in [-0.1, -0.05) is 285 Å². The van der Waals surface area contributed by atoms with Crippen molar-refractivity contribution in [2.24, 2.45) is 0 Å². The van der Waals surface area contributed by atoms with Crippen molar-refractivity contribution in [1.29, 1.82) is 0 Å². The molecule has 510 valence electrons. The number of hydrogen-bond acceptors (Lipinski definition) is 2. The molecule has 0 bridgehead atoms. The summed E-state index contributed by atoms with van der Waals surface area (Å²) in [6.07, 6.45) is 0. The second-order valence-corrected chi connectivity index (χ2v) is 29.1. The molecule has 4 heterocycles. The van der Waals surface area contributed by atoms with Gasteiger partial charge in [-0.15, -0.1) is 0 Å². The summed E-state index contributed by atoms with van der Waals surface area (Å²) in [5.74, 6) is 1.75. The molecular formula is C106H66N4. The lowest BCUT2D eigenvalue weighted by Crippen LogP contribution is -1.98. The van der Waals surface area contributed by atoms with Crippen LogP contribution in [0.4, 0.5) is 0 Å². The van der Waals surface area contributed by atoms with Gasteiger partial charge in [0.25, 0.3) is 0 Å². The molecule has 0 fully saturated rings. The molecule has 4 heteroatoms. The van der Waals surface area contributed by atoms with Gasteiger partial charge in [0.15, 0.2) is 0 Å². The Labute approximate surface area is 635 Å². The molecule has 0 amide bonds. The predicted molar refractivity (Wildman–Crippen MR) is 465 cm³/mol. The van der Waals surface area contributed by atoms with Crippen LogP contribution in [0.5, 0.6) is 0 Å². The lowest BCUT2D eigenvalue weighted by Gasteiger charge is -2.14. The average molecular weight is 1400 g/mol. The van der Waals surface area contributed by atoms with Crippen molar-refractivity contribution in [3.63, 3.8) is 0 Å². The van der Waals surface area contributed by atoms with E-state index in [0.29, 0.717) is 0 Å². The van der Waals surface area contributed by atoms with Crippen LogP contribution in [-0.2, 0) is 0 Å². The van der Waals surface area contributed by atoms with Gasteiger partial charge in [0.05, 0.1) is 33.5 Å². The van der Waals surface area contributed by atoms with Crippen LogP contribution < -0.4 is 0 Å². The van der Waals surface area contributed by atoms with Gasteiger partial charge >= 0.3 is 0 Å². The number of pyridine rings is 2. The van der Waals surface area contributed by atoms with E-state index in [4.69, 9.17) is 9.97 Å². The lowest BCUT2D eigenvalue weighted by atomic mass is 9.90. The first kappa shape index (κ1) is 62.8. The summed E-state index contributed by atoms with van der Waals surface area (Å²) in [5, 5.41) is 19.8. The molecule has 4 aromatic heterocycles. The van der Waals surface area contributed by atoms with Crippen molar-refractivity contribution < 1.29 is 0 Å². The molecule has 0 unspecified atom stereocenters. The van der Waals surface area contributed by atoms with Gasteiger partial charge in [-0.25, -0.2) is 9.97 Å². The maximum absolute atomic E-state index is 5.61. The van der Waals surface area contributed by atoms with Gasteiger partial charge in [-0.3, -0.25) is 9.13 Å². The summed E-state index contributed by atoms with van der Waals surface area (Å²) in [6.45, 7) is 0. The first-order chi connectivity index (χ1) is 54.5. The average Bonchev–Trinajstić information content (AvgIpc) is 1.10. The maximum Gasteiger partial charge on any atom is 0.138 e. The number of benzene rings is 18. The van der Waals surface area contributed by atoms with Gasteiger partial charge in [-0.05, 0) is 258 Å². The Morgan fingerprint density at radius 2 is 0.373 bits per heavy atom. The van der Waals surface area contributed by atoms with E-state index in [-0.39, 0.29) is 0 Å². The highest BCUT2D eigenvalue weighted by atomic mass is 15.1. The molecule has 0 aliphatic rings. The fourth-order valence-corrected chi connectivity index (χ4v) is 17.6. The minimum Gasteiger partial charge on any atom is -0.294 e. The van der Waals surface area contributed by atoms with E-state index in [2.05, 4.69) is 410 Å². The number of rotatable bonds is 11. The molecule has 18 aromatic carbocycles. The van der Waals surface area contributed by atoms with Gasteiger partial charge in [0, 0.05) is 32.7 Å². The van der Waals surface area contributed by atoms with Crippen LogP contribution in [0.3, 0.4) is 0 Å². The monoisotopic (exact) mass is 1390 g/mol. The highest BCUT2D eigenvalue weighted by Gasteiger charge is 2.21. The predicted octanol–water partition coefficient (Wildman–Crippen LogP) is 28.6. The minimum absolute atomic E-state index is 0.862. The molecule has 0 aliphatic carbocycles. The van der Waals surface area contributed by atoms with Crippen molar-refractivity contribution in [3.05, 3.63) is 400 Å². The Bertz CT molecular complexity index is 7490. The minimum atomic E-state index is 0.862. The zero-order chi connectivity index (χ0) is 72.3. The first-order valence-electron chi connectivity index (χ1n) is 37.8. The van der Waals surface area contributed by atoms with E-state index in [0.717, 1.165) is 106 Å². The number of para-hydroxylation sites is 2. The van der Waals surface area contributed by atoms with E-state index in [1.54, 1.807) is 0 Å². The van der Waals surface area contributed by atoms with E-state index < -0.39 is 0 Å². The van der Waals surface area contributed by atoms with Crippen LogP contribution in [0.15, 0.2) is 400 Å². The third-order valence-corrected chi connectivity index (χ3v) is 22.8. The second-order valence-electron chi connectivity index (χ2n) is 29.1. The summed E-state index contributed by atoms with van der Waals surface area (Å²) < 4.78 is 4.65. The topological polar surface area (TPSA) is 35.6 Å². The molecule has 0 N–H and O–H groups in total. The standard InChI is InChI=1S/C106H66N4/c1-3-22-67(23-4-1)74-49-54-103-97(65-74)92-38-13-15-42-101(92)109(103)105-44-20-40-99(107-105)79-31-19-29-72(58-79)69-26-17-27-70(56-69)76-47-52-90-86-35-10-12-37-88(86)95-64-77(48-53-91(95)96(90)63-76)78-50-55-104-98(66-78)93-39-14-16-43-102(93)110(104)106-45-21-41-100(108-106)82-60-80(68-24-5-2-6-25-68)59-81(61-82)73-30-18-28-71(57-73)75-46-51-89-85-34-8-7-32-83(85)84-33-9-11-36-87(84)94(89)62-75/h1-66H. The largest absolute Gasteiger partial charge is 0.294 e. The summed E-state index contributed by atoms with van der Waals surface area (Å²) in [6, 6.07) is 147. The van der Waals surface area contributed by atoms with Gasteiger partial charge < -0.3 is 0 Å². The van der Waals surface area contributed by atoms with Crippen LogP contribution in [0.2, 0.25) is 0 Å². The van der Waals surface area contributed by atoms with Gasteiger partial charge in [0.1, 0.15) is 11.6 Å². The summed E-state index contributed by atoms with van der Waals surface area (Å²) >= 11 is 0.